The van der Waals surface area contributed by atoms with Crippen LogP contribution in [0.5, 0.6) is 0 Å². The molecular formula is C9H20NP. The fraction of sp³-hybridized carbons (Fsp3) is 1.00. The zero-order chi connectivity index (χ0) is 8.32. The molecule has 0 amide bonds. The largest absolute Gasteiger partial charge is 0.316 e. The molecule has 1 saturated heterocycles. The first-order valence-corrected chi connectivity index (χ1v) is 5.79. The summed E-state index contributed by atoms with van der Waals surface area (Å²) in [6.45, 7) is 6.84. The second-order valence-corrected chi connectivity index (χ2v) is 3.79. The minimum absolute atomic E-state index is 0.806. The molecule has 1 aliphatic carbocycles. The van der Waals surface area contributed by atoms with Crippen LogP contribution in [-0.4, -0.2) is 19.8 Å². The maximum absolute atomic E-state index is 3.35. The lowest BCUT2D eigenvalue weighted by atomic mass is 9.58. The molecule has 2 aliphatic rings. The minimum atomic E-state index is 0.806. The van der Waals surface area contributed by atoms with Gasteiger partial charge in [0.15, 0.2) is 0 Å². The third-order valence-corrected chi connectivity index (χ3v) is 3.02. The van der Waals surface area contributed by atoms with E-state index in [9.17, 15) is 0 Å². The smallest absolute Gasteiger partial charge is 0.00204 e. The first kappa shape index (κ1) is 9.48. The predicted molar refractivity (Wildman–Crippen MR) is 54.0 cm³/mol. The summed E-state index contributed by atoms with van der Waals surface area (Å²) in [4.78, 5) is 0. The third kappa shape index (κ3) is 1.76. The summed E-state index contributed by atoms with van der Waals surface area (Å²) in [5.74, 6) is 1.08. The fourth-order valence-corrected chi connectivity index (χ4v) is 2.22. The van der Waals surface area contributed by atoms with Crippen LogP contribution in [0, 0.1) is 11.3 Å². The molecule has 1 atom stereocenters. The van der Waals surface area contributed by atoms with Crippen LogP contribution in [0.1, 0.15) is 26.2 Å². The summed E-state index contributed by atoms with van der Waals surface area (Å²) in [5, 5.41) is 3.35. The van der Waals surface area contributed by atoms with Gasteiger partial charge in [0.05, 0.1) is 0 Å². The van der Waals surface area contributed by atoms with E-state index in [0.29, 0.717) is 0 Å². The monoisotopic (exact) mass is 173 g/mol. The van der Waals surface area contributed by atoms with Crippen molar-refractivity contribution >= 4 is 9.24 Å². The molecule has 0 aromatic rings. The van der Waals surface area contributed by atoms with Gasteiger partial charge < -0.3 is 5.32 Å². The highest BCUT2D eigenvalue weighted by molar-refractivity contribution is 7.15. The number of hydrogen-bond donors (Lipinski definition) is 1. The summed E-state index contributed by atoms with van der Waals surface area (Å²) in [7, 11) is 2.42. The SMILES string of the molecule is CCC1CC2(CNC2)C1.CP. The lowest BCUT2D eigenvalue weighted by Gasteiger charge is -2.54. The number of nitrogens with one attached hydrogen (secondary N) is 1. The van der Waals surface area contributed by atoms with Gasteiger partial charge in [0.25, 0.3) is 0 Å². The van der Waals surface area contributed by atoms with Gasteiger partial charge in [0.2, 0.25) is 0 Å². The topological polar surface area (TPSA) is 12.0 Å². The van der Waals surface area contributed by atoms with Crippen LogP contribution in [-0.2, 0) is 0 Å². The van der Waals surface area contributed by atoms with Gasteiger partial charge in [-0.3, -0.25) is 0 Å². The van der Waals surface area contributed by atoms with E-state index in [1.54, 1.807) is 0 Å². The van der Waals surface area contributed by atoms with Crippen molar-refractivity contribution in [3.05, 3.63) is 0 Å². The van der Waals surface area contributed by atoms with Crippen molar-refractivity contribution in [1.82, 2.24) is 5.32 Å². The summed E-state index contributed by atoms with van der Waals surface area (Å²) >= 11 is 0. The first-order valence-electron chi connectivity index (χ1n) is 4.63. The molecule has 66 valence electrons. The van der Waals surface area contributed by atoms with E-state index in [-0.39, 0.29) is 0 Å². The van der Waals surface area contributed by atoms with Gasteiger partial charge in [0, 0.05) is 13.1 Å². The quantitative estimate of drug-likeness (QED) is 0.597. The molecule has 0 aromatic carbocycles. The van der Waals surface area contributed by atoms with Crippen LogP contribution < -0.4 is 5.32 Å². The summed E-state index contributed by atoms with van der Waals surface area (Å²) < 4.78 is 0. The normalized spacial score (nSPS) is 26.5. The minimum Gasteiger partial charge on any atom is -0.316 e. The molecule has 2 heteroatoms. The molecule has 2 rings (SSSR count). The van der Waals surface area contributed by atoms with Crippen molar-refractivity contribution in [1.29, 1.82) is 0 Å². The highest BCUT2D eigenvalue weighted by Crippen LogP contribution is 2.49. The highest BCUT2D eigenvalue weighted by Gasteiger charge is 2.47. The van der Waals surface area contributed by atoms with Gasteiger partial charge in [-0.25, -0.2) is 0 Å². The Kier molecular flexibility index (Phi) is 3.33. The van der Waals surface area contributed by atoms with Gasteiger partial charge in [-0.2, -0.15) is 0 Å². The molecule has 0 aromatic heterocycles. The lowest BCUT2D eigenvalue weighted by molar-refractivity contribution is -0.000973. The number of hydrogen-bond acceptors (Lipinski definition) is 1. The van der Waals surface area contributed by atoms with E-state index in [1.807, 2.05) is 6.66 Å². The zero-order valence-corrected chi connectivity index (χ0v) is 8.84. The molecule has 1 aliphatic heterocycles. The van der Waals surface area contributed by atoms with E-state index in [4.69, 9.17) is 0 Å². The number of rotatable bonds is 1. The molecule has 2 fully saturated rings. The molecule has 1 heterocycles. The Bertz CT molecular complexity index is 113. The Morgan fingerprint density at radius 1 is 1.36 bits per heavy atom. The molecule has 1 N–H and O–H groups in total. The van der Waals surface area contributed by atoms with Crippen LogP contribution in [0.15, 0.2) is 0 Å². The second-order valence-electron chi connectivity index (χ2n) is 3.79. The summed E-state index contributed by atoms with van der Waals surface area (Å²) in [6, 6.07) is 0. The van der Waals surface area contributed by atoms with Crippen molar-refractivity contribution in [2.45, 2.75) is 26.2 Å². The zero-order valence-electron chi connectivity index (χ0n) is 7.69. The summed E-state index contributed by atoms with van der Waals surface area (Å²) in [6.07, 6.45) is 4.43. The van der Waals surface area contributed by atoms with E-state index in [0.717, 1.165) is 11.3 Å². The molecule has 1 spiro atoms. The third-order valence-electron chi connectivity index (χ3n) is 3.02. The van der Waals surface area contributed by atoms with Crippen LogP contribution in [0.4, 0.5) is 0 Å². The molecule has 1 unspecified atom stereocenters. The Hall–Kier alpha value is 0.390. The Morgan fingerprint density at radius 2 is 1.91 bits per heavy atom. The second kappa shape index (κ2) is 3.87. The average Bonchev–Trinajstić information content (AvgIpc) is 1.87. The molecule has 0 bridgehead atoms. The maximum Gasteiger partial charge on any atom is 0.00204 e. The van der Waals surface area contributed by atoms with Crippen LogP contribution in [0.3, 0.4) is 0 Å². The Labute approximate surface area is 72.5 Å². The van der Waals surface area contributed by atoms with Crippen LogP contribution >= 0.6 is 9.24 Å². The van der Waals surface area contributed by atoms with Crippen molar-refractivity contribution in [2.75, 3.05) is 19.8 Å². The predicted octanol–water partition coefficient (Wildman–Crippen LogP) is 1.89. The van der Waals surface area contributed by atoms with Crippen molar-refractivity contribution in [2.24, 2.45) is 11.3 Å². The standard InChI is InChI=1S/C8H15N.CH5P/c1-2-7-3-8(4-7)5-9-6-8;1-2/h7,9H,2-6H2,1H3;2H2,1H3. The highest BCUT2D eigenvalue weighted by atomic mass is 31.0. The van der Waals surface area contributed by atoms with Gasteiger partial charge in [0.1, 0.15) is 0 Å². The van der Waals surface area contributed by atoms with Crippen LogP contribution in [0.25, 0.3) is 0 Å². The maximum atomic E-state index is 3.35. The van der Waals surface area contributed by atoms with Crippen molar-refractivity contribution in [3.8, 4) is 0 Å². The molecule has 11 heavy (non-hydrogen) atoms. The summed E-state index contributed by atoms with van der Waals surface area (Å²) in [5.41, 5.74) is 0.806. The Morgan fingerprint density at radius 3 is 2.18 bits per heavy atom. The molecule has 1 nitrogen and oxygen atoms in total. The molecular weight excluding hydrogens is 153 g/mol. The van der Waals surface area contributed by atoms with Gasteiger partial charge >= 0.3 is 0 Å². The molecule has 1 saturated carbocycles. The van der Waals surface area contributed by atoms with Gasteiger partial charge in [-0.15, -0.1) is 9.24 Å². The van der Waals surface area contributed by atoms with E-state index in [1.165, 1.54) is 32.4 Å². The molecule has 0 radical (unpaired) electrons. The van der Waals surface area contributed by atoms with E-state index < -0.39 is 0 Å². The van der Waals surface area contributed by atoms with Crippen molar-refractivity contribution in [3.63, 3.8) is 0 Å². The van der Waals surface area contributed by atoms with Crippen molar-refractivity contribution < 1.29 is 0 Å². The average molecular weight is 173 g/mol. The van der Waals surface area contributed by atoms with Gasteiger partial charge in [-0.1, -0.05) is 20.0 Å². The van der Waals surface area contributed by atoms with Crippen LogP contribution in [0.2, 0.25) is 0 Å². The van der Waals surface area contributed by atoms with E-state index in [2.05, 4.69) is 21.5 Å². The fourth-order valence-electron chi connectivity index (χ4n) is 2.22. The van der Waals surface area contributed by atoms with Gasteiger partial charge in [-0.05, 0) is 24.2 Å². The lowest BCUT2D eigenvalue weighted by Crippen LogP contribution is -2.60. The van der Waals surface area contributed by atoms with E-state index >= 15 is 0 Å². The Balaban J connectivity index is 0.000000281. The first-order chi connectivity index (χ1) is 5.35.